The third-order valence-corrected chi connectivity index (χ3v) is 5.23. The van der Waals surface area contributed by atoms with Crippen molar-refractivity contribution in [3.8, 4) is 0 Å². The van der Waals surface area contributed by atoms with Gasteiger partial charge in [0, 0.05) is 23.2 Å². The molecule has 0 aliphatic carbocycles. The van der Waals surface area contributed by atoms with Crippen molar-refractivity contribution in [3.63, 3.8) is 0 Å². The van der Waals surface area contributed by atoms with Crippen LogP contribution >= 0.6 is 0 Å². The minimum atomic E-state index is -0.208. The number of amides is 1. The lowest BCUT2D eigenvalue weighted by Gasteiger charge is -2.12. The normalized spacial score (nSPS) is 11.1. The van der Waals surface area contributed by atoms with E-state index in [9.17, 15) is 9.59 Å². The number of aromatic nitrogens is 4. The van der Waals surface area contributed by atoms with Gasteiger partial charge in [-0.05, 0) is 29.8 Å². The van der Waals surface area contributed by atoms with Gasteiger partial charge in [-0.1, -0.05) is 41.6 Å². The second-order valence-corrected chi connectivity index (χ2v) is 7.40. The van der Waals surface area contributed by atoms with Crippen molar-refractivity contribution in [1.29, 1.82) is 0 Å². The lowest BCUT2D eigenvalue weighted by Crippen LogP contribution is -2.29. The third-order valence-electron chi connectivity index (χ3n) is 5.23. The monoisotopic (exact) mass is 425 g/mol. The maximum absolute atomic E-state index is 12.9. The van der Waals surface area contributed by atoms with E-state index in [4.69, 9.17) is 4.52 Å². The fourth-order valence-electron chi connectivity index (χ4n) is 3.67. The molecule has 2 aromatic carbocycles. The van der Waals surface area contributed by atoms with Gasteiger partial charge in [-0.15, -0.1) is 0 Å². The summed E-state index contributed by atoms with van der Waals surface area (Å²) < 4.78 is 6.68. The van der Waals surface area contributed by atoms with E-state index in [2.05, 4.69) is 20.6 Å². The molecule has 0 fully saturated rings. The van der Waals surface area contributed by atoms with Crippen molar-refractivity contribution in [2.24, 2.45) is 0 Å². The number of carbonyl (C=O) groups is 1. The Bertz CT molecular complexity index is 1470. The summed E-state index contributed by atoms with van der Waals surface area (Å²) in [6.45, 7) is 0.478. The molecule has 0 unspecified atom stereocenters. The Balaban J connectivity index is 1.40. The largest absolute Gasteiger partial charge is 0.356 e. The van der Waals surface area contributed by atoms with Gasteiger partial charge in [0.05, 0.1) is 30.6 Å². The summed E-state index contributed by atoms with van der Waals surface area (Å²) in [7, 11) is 0. The third kappa shape index (κ3) is 3.85. The molecule has 158 valence electrons. The molecule has 1 N–H and O–H groups in total. The quantitative estimate of drug-likeness (QED) is 0.449. The molecule has 3 heterocycles. The fraction of sp³-hybridized carbons (Fsp3) is 0.125. The van der Waals surface area contributed by atoms with Gasteiger partial charge in [0.1, 0.15) is 5.69 Å². The molecule has 0 aliphatic heterocycles. The van der Waals surface area contributed by atoms with Gasteiger partial charge in [0.2, 0.25) is 5.91 Å². The first-order chi connectivity index (χ1) is 15.7. The first-order valence-corrected chi connectivity index (χ1v) is 10.2. The van der Waals surface area contributed by atoms with E-state index in [1.54, 1.807) is 18.5 Å². The van der Waals surface area contributed by atoms with Gasteiger partial charge in [0.25, 0.3) is 5.56 Å². The Morgan fingerprint density at radius 2 is 1.72 bits per heavy atom. The number of hydrogen-bond donors (Lipinski definition) is 1. The molecule has 0 saturated heterocycles. The number of nitrogens with one attached hydrogen (secondary N) is 1. The maximum atomic E-state index is 12.9. The summed E-state index contributed by atoms with van der Waals surface area (Å²) in [5.74, 6) is -0.208. The van der Waals surface area contributed by atoms with Crippen LogP contribution in [0.25, 0.3) is 21.7 Å². The molecular formula is C24H19N5O3. The van der Waals surface area contributed by atoms with Crippen molar-refractivity contribution in [3.05, 3.63) is 100 Å². The van der Waals surface area contributed by atoms with Crippen molar-refractivity contribution < 1.29 is 9.32 Å². The van der Waals surface area contributed by atoms with E-state index in [0.717, 1.165) is 10.9 Å². The van der Waals surface area contributed by atoms with E-state index in [0.29, 0.717) is 34.3 Å². The first-order valence-electron chi connectivity index (χ1n) is 10.2. The Labute approximate surface area is 182 Å². The molecule has 5 aromatic rings. The second kappa shape index (κ2) is 8.43. The standard InChI is InChI=1S/C24H19N5O3/c30-23(12-20-19-9-3-4-10-22(19)32-28-20)26-14-21-17-7-1-2-8-18(17)24(31)29(27-21)15-16-6-5-11-25-13-16/h1-11,13H,12,14-15H2,(H,26,30). The van der Waals surface area contributed by atoms with Crippen LogP contribution in [0.1, 0.15) is 17.0 Å². The molecule has 32 heavy (non-hydrogen) atoms. The van der Waals surface area contributed by atoms with Crippen LogP contribution in [0.4, 0.5) is 0 Å². The lowest BCUT2D eigenvalue weighted by atomic mass is 10.1. The predicted octanol–water partition coefficient (Wildman–Crippen LogP) is 2.84. The highest BCUT2D eigenvalue weighted by molar-refractivity contribution is 5.87. The van der Waals surface area contributed by atoms with E-state index in [-0.39, 0.29) is 24.4 Å². The Morgan fingerprint density at radius 3 is 2.53 bits per heavy atom. The van der Waals surface area contributed by atoms with Crippen LogP contribution in [0.5, 0.6) is 0 Å². The summed E-state index contributed by atoms with van der Waals surface area (Å²) in [5.41, 5.74) is 2.52. The molecule has 3 aromatic heterocycles. The first kappa shape index (κ1) is 19.6. The summed E-state index contributed by atoms with van der Waals surface area (Å²) in [6, 6.07) is 18.4. The smallest absolute Gasteiger partial charge is 0.274 e. The molecular weight excluding hydrogens is 406 g/mol. The minimum Gasteiger partial charge on any atom is -0.356 e. The van der Waals surface area contributed by atoms with Gasteiger partial charge in [-0.2, -0.15) is 5.10 Å². The number of carbonyl (C=O) groups excluding carboxylic acids is 1. The van der Waals surface area contributed by atoms with E-state index in [1.165, 1.54) is 4.68 Å². The molecule has 0 bridgehead atoms. The zero-order valence-electron chi connectivity index (χ0n) is 17.1. The number of fused-ring (bicyclic) bond motifs is 2. The fourth-order valence-corrected chi connectivity index (χ4v) is 3.67. The van der Waals surface area contributed by atoms with Crippen LogP contribution in [-0.4, -0.2) is 25.8 Å². The van der Waals surface area contributed by atoms with Gasteiger partial charge in [0.15, 0.2) is 5.58 Å². The average Bonchev–Trinajstić information content (AvgIpc) is 3.23. The molecule has 8 nitrogen and oxygen atoms in total. The molecule has 0 aliphatic rings. The number of rotatable bonds is 6. The second-order valence-electron chi connectivity index (χ2n) is 7.40. The Hall–Kier alpha value is -4.33. The molecule has 0 saturated carbocycles. The number of nitrogens with zero attached hydrogens (tertiary/aromatic N) is 4. The highest BCUT2D eigenvalue weighted by Gasteiger charge is 2.14. The van der Waals surface area contributed by atoms with Crippen molar-refractivity contribution in [2.75, 3.05) is 0 Å². The van der Waals surface area contributed by atoms with Crippen molar-refractivity contribution >= 4 is 27.6 Å². The predicted molar refractivity (Wildman–Crippen MR) is 119 cm³/mol. The average molecular weight is 425 g/mol. The van der Waals surface area contributed by atoms with Gasteiger partial charge >= 0.3 is 0 Å². The number of pyridine rings is 1. The topological polar surface area (TPSA) is 103 Å². The lowest BCUT2D eigenvalue weighted by molar-refractivity contribution is -0.120. The molecule has 0 atom stereocenters. The molecule has 0 spiro atoms. The van der Waals surface area contributed by atoms with Crippen molar-refractivity contribution in [1.82, 2.24) is 25.2 Å². The zero-order chi connectivity index (χ0) is 21.9. The summed E-state index contributed by atoms with van der Waals surface area (Å²) in [5, 5.41) is 13.5. The van der Waals surface area contributed by atoms with Gasteiger partial charge < -0.3 is 9.84 Å². The van der Waals surface area contributed by atoms with Crippen LogP contribution in [0.15, 0.2) is 82.4 Å². The van der Waals surface area contributed by atoms with Crippen LogP contribution in [0.2, 0.25) is 0 Å². The Kier molecular flexibility index (Phi) is 5.17. The van der Waals surface area contributed by atoms with E-state index < -0.39 is 0 Å². The minimum absolute atomic E-state index is 0.0876. The molecule has 0 radical (unpaired) electrons. The highest BCUT2D eigenvalue weighted by atomic mass is 16.5. The maximum Gasteiger partial charge on any atom is 0.274 e. The van der Waals surface area contributed by atoms with Gasteiger partial charge in [-0.3, -0.25) is 14.6 Å². The SMILES string of the molecule is O=C(Cc1noc2ccccc12)NCc1nn(Cc2cccnc2)c(=O)c2ccccc12. The molecule has 1 amide bonds. The molecule has 5 rings (SSSR count). The summed E-state index contributed by atoms with van der Waals surface area (Å²) in [4.78, 5) is 29.6. The molecule has 8 heteroatoms. The number of para-hydroxylation sites is 1. The van der Waals surface area contributed by atoms with Crippen LogP contribution in [0.3, 0.4) is 0 Å². The summed E-state index contributed by atoms with van der Waals surface area (Å²) in [6.07, 6.45) is 3.47. The van der Waals surface area contributed by atoms with E-state index in [1.807, 2.05) is 54.6 Å². The Morgan fingerprint density at radius 1 is 0.938 bits per heavy atom. The number of benzene rings is 2. The van der Waals surface area contributed by atoms with Crippen LogP contribution in [0, 0.1) is 0 Å². The van der Waals surface area contributed by atoms with E-state index >= 15 is 0 Å². The van der Waals surface area contributed by atoms with Crippen LogP contribution < -0.4 is 10.9 Å². The zero-order valence-corrected chi connectivity index (χ0v) is 17.1. The van der Waals surface area contributed by atoms with Crippen LogP contribution in [-0.2, 0) is 24.3 Å². The van der Waals surface area contributed by atoms with Crippen molar-refractivity contribution in [2.45, 2.75) is 19.5 Å². The summed E-state index contributed by atoms with van der Waals surface area (Å²) >= 11 is 0. The highest BCUT2D eigenvalue weighted by Crippen LogP contribution is 2.18. The van der Waals surface area contributed by atoms with Gasteiger partial charge in [-0.25, -0.2) is 4.68 Å². The number of hydrogen-bond acceptors (Lipinski definition) is 6.